The molecule has 0 saturated carbocycles. The third-order valence-electron chi connectivity index (χ3n) is 4.72. The number of hydrogen-bond acceptors (Lipinski definition) is 4. The van der Waals surface area contributed by atoms with Gasteiger partial charge < -0.3 is 9.88 Å². The first-order valence-corrected chi connectivity index (χ1v) is 10.3. The van der Waals surface area contributed by atoms with Gasteiger partial charge >= 0.3 is 0 Å². The van der Waals surface area contributed by atoms with Crippen molar-refractivity contribution in [2.75, 3.05) is 19.3 Å². The number of amides is 1. The molecular weight excluding hydrogens is 340 g/mol. The van der Waals surface area contributed by atoms with Crippen LogP contribution >= 0.6 is 0 Å². The van der Waals surface area contributed by atoms with Gasteiger partial charge in [0.2, 0.25) is 10.0 Å². The molecule has 1 aromatic heterocycles. The van der Waals surface area contributed by atoms with Gasteiger partial charge in [-0.2, -0.15) is 0 Å². The third kappa shape index (κ3) is 3.85. The van der Waals surface area contributed by atoms with Crippen molar-refractivity contribution in [2.45, 2.75) is 26.8 Å². The van der Waals surface area contributed by atoms with E-state index in [9.17, 15) is 13.2 Å². The number of aryl methyl sites for hydroxylation is 1. The maximum atomic E-state index is 12.9. The molecule has 25 heavy (non-hydrogen) atoms. The lowest BCUT2D eigenvalue weighted by molar-refractivity contribution is 0.0783. The second-order valence-electron chi connectivity index (χ2n) is 7.17. The minimum absolute atomic E-state index is 0.0856. The molecular formula is C17H24N4O3S. The zero-order chi connectivity index (χ0) is 18.4. The second-order valence-corrected chi connectivity index (χ2v) is 8.95. The summed E-state index contributed by atoms with van der Waals surface area (Å²) in [6.07, 6.45) is 1.16. The number of carbonyl (C=O) groups excluding carboxylic acids is 1. The van der Waals surface area contributed by atoms with Crippen LogP contribution < -0.4 is 4.72 Å². The minimum atomic E-state index is -3.32. The Kier molecular flexibility index (Phi) is 4.59. The number of fused-ring (bicyclic) bond motifs is 1. The molecule has 0 bridgehead atoms. The van der Waals surface area contributed by atoms with E-state index >= 15 is 0 Å². The SMILES string of the molecule is Cc1nc2ccc(C(=O)N3C[C@@H](NS(C)(=O)=O)[C@H](C(C)C)C3)cc2[nH]1. The van der Waals surface area contributed by atoms with Crippen LogP contribution in [0.1, 0.15) is 30.0 Å². The highest BCUT2D eigenvalue weighted by Crippen LogP contribution is 2.26. The molecule has 1 aliphatic rings. The summed E-state index contributed by atoms with van der Waals surface area (Å²) in [5.74, 6) is 1.09. The van der Waals surface area contributed by atoms with Gasteiger partial charge in [0.25, 0.3) is 5.91 Å². The van der Waals surface area contributed by atoms with Crippen LogP contribution in [-0.2, 0) is 10.0 Å². The second kappa shape index (κ2) is 6.42. The summed E-state index contributed by atoms with van der Waals surface area (Å²) in [5.41, 5.74) is 2.24. The number of nitrogens with one attached hydrogen (secondary N) is 2. The fraction of sp³-hybridized carbons (Fsp3) is 0.529. The standard InChI is InChI=1S/C17H24N4O3S/c1-10(2)13-8-21(9-16(13)20-25(4,23)24)17(22)12-5-6-14-15(7-12)19-11(3)18-14/h5-7,10,13,16,20H,8-9H2,1-4H3,(H,18,19)/t13-,16+/m0/s1. The Bertz CT molecular complexity index is 904. The Hall–Kier alpha value is -1.93. The average Bonchev–Trinajstić information content (AvgIpc) is 3.06. The van der Waals surface area contributed by atoms with E-state index < -0.39 is 10.0 Å². The molecule has 2 heterocycles. The number of rotatable bonds is 4. The van der Waals surface area contributed by atoms with E-state index in [1.54, 1.807) is 17.0 Å². The van der Waals surface area contributed by atoms with Crippen molar-refractivity contribution in [3.8, 4) is 0 Å². The van der Waals surface area contributed by atoms with Crippen LogP contribution in [0.15, 0.2) is 18.2 Å². The van der Waals surface area contributed by atoms with Crippen molar-refractivity contribution in [2.24, 2.45) is 11.8 Å². The number of hydrogen-bond donors (Lipinski definition) is 2. The normalized spacial score (nSPS) is 21.4. The van der Waals surface area contributed by atoms with Crippen LogP contribution in [0.3, 0.4) is 0 Å². The van der Waals surface area contributed by atoms with Gasteiger partial charge in [0.05, 0.1) is 17.3 Å². The Morgan fingerprint density at radius 3 is 2.72 bits per heavy atom. The smallest absolute Gasteiger partial charge is 0.253 e. The Morgan fingerprint density at radius 1 is 1.36 bits per heavy atom. The molecule has 8 heteroatoms. The van der Waals surface area contributed by atoms with Crippen molar-refractivity contribution >= 4 is 27.0 Å². The number of sulfonamides is 1. The zero-order valence-electron chi connectivity index (χ0n) is 14.9. The molecule has 136 valence electrons. The number of likely N-dealkylation sites (tertiary alicyclic amines) is 1. The van der Waals surface area contributed by atoms with E-state index in [0.717, 1.165) is 23.1 Å². The lowest BCUT2D eigenvalue weighted by Gasteiger charge is -2.21. The number of carbonyl (C=O) groups is 1. The van der Waals surface area contributed by atoms with Gasteiger partial charge in [-0.15, -0.1) is 0 Å². The summed E-state index contributed by atoms with van der Waals surface area (Å²) in [4.78, 5) is 22.1. The summed E-state index contributed by atoms with van der Waals surface area (Å²) in [5, 5.41) is 0. The van der Waals surface area contributed by atoms with Crippen LogP contribution in [0.5, 0.6) is 0 Å². The lowest BCUT2D eigenvalue weighted by Crippen LogP contribution is -2.41. The van der Waals surface area contributed by atoms with Gasteiger partial charge in [-0.1, -0.05) is 13.8 Å². The van der Waals surface area contributed by atoms with Gasteiger partial charge in [-0.3, -0.25) is 4.79 Å². The quantitative estimate of drug-likeness (QED) is 0.860. The highest BCUT2D eigenvalue weighted by atomic mass is 32.2. The molecule has 0 radical (unpaired) electrons. The fourth-order valence-corrected chi connectivity index (χ4v) is 4.32. The summed E-state index contributed by atoms with van der Waals surface area (Å²) < 4.78 is 25.9. The number of aromatic nitrogens is 2. The number of imidazole rings is 1. The van der Waals surface area contributed by atoms with Crippen LogP contribution in [0, 0.1) is 18.8 Å². The van der Waals surface area contributed by atoms with E-state index in [1.807, 2.05) is 13.0 Å². The monoisotopic (exact) mass is 364 g/mol. The van der Waals surface area contributed by atoms with Crippen molar-refractivity contribution in [1.82, 2.24) is 19.6 Å². The molecule has 7 nitrogen and oxygen atoms in total. The fourth-order valence-electron chi connectivity index (χ4n) is 3.52. The summed E-state index contributed by atoms with van der Waals surface area (Å²) in [6, 6.07) is 5.15. The van der Waals surface area contributed by atoms with Gasteiger partial charge in [-0.25, -0.2) is 18.1 Å². The van der Waals surface area contributed by atoms with E-state index in [0.29, 0.717) is 18.7 Å². The molecule has 2 atom stereocenters. The molecule has 1 aliphatic heterocycles. The van der Waals surface area contributed by atoms with Crippen LogP contribution in [0.25, 0.3) is 11.0 Å². The van der Waals surface area contributed by atoms with Gasteiger partial charge in [-0.05, 0) is 37.0 Å². The first kappa shape index (κ1) is 17.9. The summed E-state index contributed by atoms with van der Waals surface area (Å²) in [6.45, 7) is 6.90. The molecule has 1 fully saturated rings. The molecule has 1 aromatic carbocycles. The predicted molar refractivity (Wildman–Crippen MR) is 96.8 cm³/mol. The van der Waals surface area contributed by atoms with Crippen molar-refractivity contribution in [3.05, 3.63) is 29.6 Å². The first-order chi connectivity index (χ1) is 11.6. The average molecular weight is 364 g/mol. The first-order valence-electron chi connectivity index (χ1n) is 8.37. The molecule has 1 saturated heterocycles. The van der Waals surface area contributed by atoms with Crippen molar-refractivity contribution < 1.29 is 13.2 Å². The third-order valence-corrected chi connectivity index (χ3v) is 5.45. The van der Waals surface area contributed by atoms with E-state index in [4.69, 9.17) is 0 Å². The molecule has 0 unspecified atom stereocenters. The Morgan fingerprint density at radius 2 is 2.08 bits per heavy atom. The van der Waals surface area contributed by atoms with E-state index in [1.165, 1.54) is 0 Å². The van der Waals surface area contributed by atoms with Crippen molar-refractivity contribution in [1.29, 1.82) is 0 Å². The number of H-pyrrole nitrogens is 1. The number of aromatic amines is 1. The zero-order valence-corrected chi connectivity index (χ0v) is 15.7. The van der Waals surface area contributed by atoms with Crippen molar-refractivity contribution in [3.63, 3.8) is 0 Å². The maximum Gasteiger partial charge on any atom is 0.253 e. The highest BCUT2D eigenvalue weighted by Gasteiger charge is 2.38. The van der Waals surface area contributed by atoms with Gasteiger partial charge in [0.1, 0.15) is 5.82 Å². The number of nitrogens with zero attached hydrogens (tertiary/aromatic N) is 2. The van der Waals surface area contributed by atoms with Crippen LogP contribution in [0.4, 0.5) is 0 Å². The van der Waals surface area contributed by atoms with Gasteiger partial charge in [0, 0.05) is 24.7 Å². The van der Waals surface area contributed by atoms with Crippen LogP contribution in [-0.4, -0.2) is 54.6 Å². The summed E-state index contributed by atoms with van der Waals surface area (Å²) >= 11 is 0. The van der Waals surface area contributed by atoms with Crippen LogP contribution in [0.2, 0.25) is 0 Å². The molecule has 2 aromatic rings. The summed E-state index contributed by atoms with van der Waals surface area (Å²) in [7, 11) is -3.32. The molecule has 0 spiro atoms. The minimum Gasteiger partial charge on any atom is -0.342 e. The molecule has 3 rings (SSSR count). The molecule has 1 amide bonds. The van der Waals surface area contributed by atoms with Gasteiger partial charge in [0.15, 0.2) is 0 Å². The number of benzene rings is 1. The lowest BCUT2D eigenvalue weighted by atomic mass is 9.92. The van der Waals surface area contributed by atoms with E-state index in [2.05, 4.69) is 28.5 Å². The molecule has 2 N–H and O–H groups in total. The highest BCUT2D eigenvalue weighted by molar-refractivity contribution is 7.88. The van der Waals surface area contributed by atoms with E-state index in [-0.39, 0.29) is 23.8 Å². The largest absolute Gasteiger partial charge is 0.342 e. The maximum absolute atomic E-state index is 12.9. The Labute approximate surface area is 147 Å². The topological polar surface area (TPSA) is 95.2 Å². The molecule has 0 aliphatic carbocycles. The predicted octanol–water partition coefficient (Wildman–Crippen LogP) is 1.52. The Balaban J connectivity index is 1.83.